The van der Waals surface area contributed by atoms with Crippen molar-refractivity contribution in [1.82, 2.24) is 4.57 Å². The molecule has 0 radical (unpaired) electrons. The summed E-state index contributed by atoms with van der Waals surface area (Å²) in [4.78, 5) is 23.9. The molecule has 6 nitrogen and oxygen atoms in total. The Balaban J connectivity index is 1.63. The minimum atomic E-state index is -0.481. The van der Waals surface area contributed by atoms with Gasteiger partial charge in [-0.2, -0.15) is 0 Å². The number of allylic oxidation sites excluding steroid dienone is 1. The number of benzene rings is 2. The normalized spacial score (nSPS) is 14.2. The summed E-state index contributed by atoms with van der Waals surface area (Å²) in [5, 5.41) is 1.06. The maximum Gasteiger partial charge on any atom is 0.343 e. The highest BCUT2D eigenvalue weighted by Gasteiger charge is 2.28. The number of para-hydroxylation sites is 1. The van der Waals surface area contributed by atoms with Crippen molar-refractivity contribution in [2.75, 3.05) is 13.7 Å². The SMILES string of the molecule is CCn1cc(/C=C2\Oc3cc(OCC(=O)OC)ccc3C2=O)c2ccccc21. The van der Waals surface area contributed by atoms with Gasteiger partial charge >= 0.3 is 5.97 Å². The predicted molar refractivity (Wildman–Crippen MR) is 105 cm³/mol. The zero-order chi connectivity index (χ0) is 19.7. The Kier molecular flexibility index (Phi) is 4.61. The Hall–Kier alpha value is -3.54. The van der Waals surface area contributed by atoms with Crippen molar-refractivity contribution in [3.05, 3.63) is 65.5 Å². The molecule has 0 atom stereocenters. The van der Waals surface area contributed by atoms with E-state index >= 15 is 0 Å². The van der Waals surface area contributed by atoms with Crippen molar-refractivity contribution in [2.24, 2.45) is 0 Å². The molecular formula is C22H19NO5. The molecule has 3 aromatic rings. The molecule has 4 rings (SSSR count). The molecule has 0 fully saturated rings. The van der Waals surface area contributed by atoms with Crippen molar-refractivity contribution in [3.63, 3.8) is 0 Å². The summed E-state index contributed by atoms with van der Waals surface area (Å²) < 4.78 is 17.8. The number of Topliss-reactive ketones (excluding diaryl/α,β-unsaturated/α-hetero) is 1. The van der Waals surface area contributed by atoms with Crippen LogP contribution in [0, 0.1) is 0 Å². The zero-order valence-electron chi connectivity index (χ0n) is 15.6. The fourth-order valence-electron chi connectivity index (χ4n) is 3.25. The number of nitrogens with zero attached hydrogens (tertiary/aromatic N) is 1. The van der Waals surface area contributed by atoms with Gasteiger partial charge in [0.2, 0.25) is 5.78 Å². The number of aromatic nitrogens is 1. The van der Waals surface area contributed by atoms with Crippen LogP contribution in [-0.4, -0.2) is 30.0 Å². The number of fused-ring (bicyclic) bond motifs is 2. The van der Waals surface area contributed by atoms with Crippen LogP contribution in [0.25, 0.3) is 17.0 Å². The topological polar surface area (TPSA) is 66.8 Å². The first-order valence-electron chi connectivity index (χ1n) is 8.96. The van der Waals surface area contributed by atoms with Gasteiger partial charge in [-0.05, 0) is 31.2 Å². The third-order valence-electron chi connectivity index (χ3n) is 4.67. The van der Waals surface area contributed by atoms with Gasteiger partial charge in [-0.1, -0.05) is 18.2 Å². The molecule has 0 unspecified atom stereocenters. The third kappa shape index (κ3) is 3.13. The van der Waals surface area contributed by atoms with Gasteiger partial charge in [0.05, 0.1) is 12.7 Å². The maximum atomic E-state index is 12.7. The van der Waals surface area contributed by atoms with E-state index < -0.39 is 5.97 Å². The number of rotatable bonds is 5. The van der Waals surface area contributed by atoms with Gasteiger partial charge in [0.15, 0.2) is 12.4 Å². The number of ether oxygens (including phenoxy) is 3. The number of methoxy groups -OCH3 is 1. The van der Waals surface area contributed by atoms with Gasteiger partial charge in [-0.15, -0.1) is 0 Å². The second-order valence-corrected chi connectivity index (χ2v) is 6.35. The molecule has 1 aromatic heterocycles. The van der Waals surface area contributed by atoms with E-state index in [2.05, 4.69) is 22.3 Å². The molecule has 0 spiro atoms. The van der Waals surface area contributed by atoms with Crippen molar-refractivity contribution in [1.29, 1.82) is 0 Å². The lowest BCUT2D eigenvalue weighted by molar-refractivity contribution is -0.142. The summed E-state index contributed by atoms with van der Waals surface area (Å²) in [5.41, 5.74) is 2.50. The van der Waals surface area contributed by atoms with Crippen molar-refractivity contribution in [2.45, 2.75) is 13.5 Å². The van der Waals surface area contributed by atoms with E-state index in [-0.39, 0.29) is 18.1 Å². The van der Waals surface area contributed by atoms with Crippen LogP contribution in [0.2, 0.25) is 0 Å². The first kappa shape index (κ1) is 17.9. The molecule has 142 valence electrons. The number of carbonyl (C=O) groups is 2. The van der Waals surface area contributed by atoms with Crippen LogP contribution in [0.1, 0.15) is 22.8 Å². The van der Waals surface area contributed by atoms with E-state index in [4.69, 9.17) is 9.47 Å². The minimum Gasteiger partial charge on any atom is -0.482 e. The molecule has 1 aliphatic heterocycles. The molecule has 2 aromatic carbocycles. The summed E-state index contributed by atoms with van der Waals surface area (Å²) in [6.07, 6.45) is 3.79. The first-order chi connectivity index (χ1) is 13.6. The molecule has 6 heteroatoms. The summed E-state index contributed by atoms with van der Waals surface area (Å²) in [7, 11) is 1.29. The van der Waals surface area contributed by atoms with Gasteiger partial charge in [-0.3, -0.25) is 4.79 Å². The molecule has 2 heterocycles. The molecule has 0 saturated carbocycles. The fourth-order valence-corrected chi connectivity index (χ4v) is 3.25. The second-order valence-electron chi connectivity index (χ2n) is 6.35. The molecule has 0 amide bonds. The van der Waals surface area contributed by atoms with Gasteiger partial charge in [0, 0.05) is 35.3 Å². The smallest absolute Gasteiger partial charge is 0.343 e. The van der Waals surface area contributed by atoms with Gasteiger partial charge in [0.25, 0.3) is 0 Å². The summed E-state index contributed by atoms with van der Waals surface area (Å²) in [6.45, 7) is 2.70. The van der Waals surface area contributed by atoms with Crippen LogP contribution in [0.4, 0.5) is 0 Å². The van der Waals surface area contributed by atoms with Crippen LogP contribution in [0.15, 0.2) is 54.4 Å². The van der Waals surface area contributed by atoms with E-state index in [0.29, 0.717) is 17.1 Å². The van der Waals surface area contributed by atoms with E-state index in [1.165, 1.54) is 7.11 Å². The first-order valence-corrected chi connectivity index (χ1v) is 8.96. The molecule has 28 heavy (non-hydrogen) atoms. The molecule has 0 aliphatic carbocycles. The zero-order valence-corrected chi connectivity index (χ0v) is 15.6. The molecule has 0 saturated heterocycles. The summed E-state index contributed by atoms with van der Waals surface area (Å²) in [5.74, 6) is 0.450. The maximum absolute atomic E-state index is 12.7. The minimum absolute atomic E-state index is 0.178. The Bertz CT molecular complexity index is 1110. The average Bonchev–Trinajstić information content (AvgIpc) is 3.24. The Labute approximate surface area is 161 Å². The highest BCUT2D eigenvalue weighted by atomic mass is 16.6. The van der Waals surface area contributed by atoms with E-state index in [9.17, 15) is 9.59 Å². The predicted octanol–water partition coefficient (Wildman–Crippen LogP) is 3.83. The fraction of sp³-hybridized carbons (Fsp3) is 0.182. The number of esters is 1. The summed E-state index contributed by atoms with van der Waals surface area (Å²) in [6, 6.07) is 12.9. The van der Waals surface area contributed by atoms with E-state index in [0.717, 1.165) is 23.0 Å². The van der Waals surface area contributed by atoms with Crippen molar-refractivity contribution >= 4 is 28.7 Å². The quantitative estimate of drug-likeness (QED) is 0.499. The van der Waals surface area contributed by atoms with Gasteiger partial charge in [-0.25, -0.2) is 4.79 Å². The van der Waals surface area contributed by atoms with Crippen molar-refractivity contribution in [3.8, 4) is 11.5 Å². The lowest BCUT2D eigenvalue weighted by atomic mass is 10.1. The van der Waals surface area contributed by atoms with Crippen molar-refractivity contribution < 1.29 is 23.8 Å². The van der Waals surface area contributed by atoms with Crippen LogP contribution in [0.5, 0.6) is 11.5 Å². The van der Waals surface area contributed by atoms with Gasteiger partial charge < -0.3 is 18.8 Å². The van der Waals surface area contributed by atoms with Crippen LogP contribution in [-0.2, 0) is 16.1 Å². The van der Waals surface area contributed by atoms with Crippen LogP contribution in [0.3, 0.4) is 0 Å². The Morgan fingerprint density at radius 3 is 2.82 bits per heavy atom. The average molecular weight is 377 g/mol. The molecule has 0 N–H and O–H groups in total. The van der Waals surface area contributed by atoms with E-state index in [1.807, 2.05) is 24.4 Å². The Morgan fingerprint density at radius 2 is 2.04 bits per heavy atom. The third-order valence-corrected chi connectivity index (χ3v) is 4.67. The van der Waals surface area contributed by atoms with Crippen LogP contribution >= 0.6 is 0 Å². The standard InChI is InChI=1S/C22H19NO5/c1-3-23-12-14(16-6-4-5-7-18(16)23)10-20-22(25)17-9-8-15(11-19(17)28-20)27-13-21(24)26-2/h4-12H,3,13H2,1-2H3/b20-10-. The number of ketones is 1. The molecule has 0 bridgehead atoms. The monoisotopic (exact) mass is 377 g/mol. The number of hydrogen-bond acceptors (Lipinski definition) is 5. The number of carbonyl (C=O) groups excluding carboxylic acids is 2. The molecule has 1 aliphatic rings. The molecular weight excluding hydrogens is 358 g/mol. The summed E-state index contributed by atoms with van der Waals surface area (Å²) >= 11 is 0. The highest BCUT2D eigenvalue weighted by molar-refractivity contribution is 6.15. The van der Waals surface area contributed by atoms with E-state index in [1.54, 1.807) is 24.3 Å². The number of hydrogen-bond donors (Lipinski definition) is 0. The number of aryl methyl sites for hydroxylation is 1. The Morgan fingerprint density at radius 1 is 1.21 bits per heavy atom. The largest absolute Gasteiger partial charge is 0.482 e. The highest BCUT2D eigenvalue weighted by Crippen LogP contribution is 2.35. The lowest BCUT2D eigenvalue weighted by Crippen LogP contribution is -2.12. The second kappa shape index (κ2) is 7.23. The lowest BCUT2D eigenvalue weighted by Gasteiger charge is -2.05. The van der Waals surface area contributed by atoms with Gasteiger partial charge in [0.1, 0.15) is 11.5 Å². The van der Waals surface area contributed by atoms with Crippen LogP contribution < -0.4 is 9.47 Å².